The Morgan fingerprint density at radius 3 is 2.68 bits per heavy atom. The first-order valence-electron chi connectivity index (χ1n) is 14.2. The molecule has 0 spiro atoms. The maximum absolute atomic E-state index is 13.3. The first-order valence-corrected chi connectivity index (χ1v) is 14.2. The topological polar surface area (TPSA) is 91.9 Å². The van der Waals surface area contributed by atoms with Crippen molar-refractivity contribution >= 4 is 6.09 Å². The lowest BCUT2D eigenvalue weighted by molar-refractivity contribution is 0.0702. The predicted molar refractivity (Wildman–Crippen MR) is 144 cm³/mol. The van der Waals surface area contributed by atoms with Crippen LogP contribution in [0.15, 0.2) is 30.3 Å². The zero-order valence-electron chi connectivity index (χ0n) is 22.5. The van der Waals surface area contributed by atoms with Gasteiger partial charge in [-0.3, -0.25) is 4.90 Å². The van der Waals surface area contributed by atoms with E-state index >= 15 is 0 Å². The lowest BCUT2D eigenvalue weighted by Crippen LogP contribution is -2.49. The first-order chi connectivity index (χ1) is 18.6. The van der Waals surface area contributed by atoms with E-state index in [1.807, 2.05) is 35.2 Å². The third-order valence-electron chi connectivity index (χ3n) is 8.91. The number of fused-ring (bicyclic) bond motifs is 1. The number of carbonyl (C=O) groups is 1. The fraction of sp³-hybridized carbons (Fsp3) is 0.621. The molecular weight excluding hydrogens is 480 g/mol. The molecule has 1 atom stereocenters. The van der Waals surface area contributed by atoms with Crippen LogP contribution in [-0.2, 0) is 24.3 Å². The molecule has 1 amide bonds. The fourth-order valence-electron chi connectivity index (χ4n) is 6.33. The Morgan fingerprint density at radius 1 is 1.08 bits per heavy atom. The van der Waals surface area contributed by atoms with Crippen LogP contribution in [0.3, 0.4) is 0 Å². The number of hydrogen-bond donors (Lipinski definition) is 2. The van der Waals surface area contributed by atoms with E-state index in [0.717, 1.165) is 47.9 Å². The number of piperazine rings is 1. The minimum Gasteiger partial charge on any atom is -0.463 e. The number of rotatable bonds is 7. The molecule has 1 aromatic heterocycles. The monoisotopic (exact) mass is 520 g/mol. The van der Waals surface area contributed by atoms with Gasteiger partial charge in [0.25, 0.3) is 0 Å². The Labute approximate surface area is 225 Å². The van der Waals surface area contributed by atoms with Crippen molar-refractivity contribution in [1.29, 1.82) is 0 Å². The van der Waals surface area contributed by atoms with Gasteiger partial charge in [-0.25, -0.2) is 4.79 Å². The van der Waals surface area contributed by atoms with E-state index in [1.54, 1.807) is 0 Å². The lowest BCUT2D eigenvalue weighted by Gasteiger charge is -2.37. The Bertz CT molecular complexity index is 1120. The molecule has 1 saturated carbocycles. The third-order valence-corrected chi connectivity index (χ3v) is 8.91. The van der Waals surface area contributed by atoms with Crippen molar-refractivity contribution in [3.8, 4) is 6.01 Å². The number of amides is 1. The van der Waals surface area contributed by atoms with E-state index in [1.165, 1.54) is 38.8 Å². The summed E-state index contributed by atoms with van der Waals surface area (Å²) >= 11 is 0. The van der Waals surface area contributed by atoms with Crippen molar-refractivity contribution in [2.24, 2.45) is 11.3 Å². The lowest BCUT2D eigenvalue weighted by atomic mass is 9.82. The van der Waals surface area contributed by atoms with Gasteiger partial charge in [0.15, 0.2) is 0 Å². The molecular formula is C29H40N6O3. The number of nitrogens with one attached hydrogen (secondary N) is 2. The molecule has 2 saturated heterocycles. The first kappa shape index (κ1) is 25.5. The van der Waals surface area contributed by atoms with Crippen molar-refractivity contribution in [3.63, 3.8) is 0 Å². The van der Waals surface area contributed by atoms with E-state index in [2.05, 4.69) is 22.6 Å². The van der Waals surface area contributed by atoms with E-state index in [4.69, 9.17) is 19.4 Å². The summed E-state index contributed by atoms with van der Waals surface area (Å²) in [7, 11) is 2.21. The molecule has 6 rings (SSSR count). The molecule has 38 heavy (non-hydrogen) atoms. The van der Waals surface area contributed by atoms with Gasteiger partial charge in [0.05, 0.1) is 24.0 Å². The van der Waals surface area contributed by atoms with Gasteiger partial charge in [-0.1, -0.05) is 30.3 Å². The van der Waals surface area contributed by atoms with E-state index in [0.29, 0.717) is 32.3 Å². The van der Waals surface area contributed by atoms with Gasteiger partial charge in [-0.15, -0.1) is 0 Å². The number of ether oxygens (including phenoxy) is 2. The highest BCUT2D eigenvalue weighted by atomic mass is 16.6. The van der Waals surface area contributed by atoms with Crippen LogP contribution in [-0.4, -0.2) is 78.8 Å². The number of hydrogen-bond acceptors (Lipinski definition) is 8. The maximum atomic E-state index is 13.3. The van der Waals surface area contributed by atoms with Crippen molar-refractivity contribution in [2.75, 3.05) is 52.9 Å². The smallest absolute Gasteiger partial charge is 0.410 e. The van der Waals surface area contributed by atoms with E-state index < -0.39 is 0 Å². The quantitative estimate of drug-likeness (QED) is 0.576. The van der Waals surface area contributed by atoms with Crippen LogP contribution in [0, 0.1) is 11.3 Å². The van der Waals surface area contributed by atoms with Crippen LogP contribution in [0.25, 0.3) is 0 Å². The number of benzene rings is 1. The van der Waals surface area contributed by atoms with Crippen molar-refractivity contribution in [1.82, 2.24) is 30.4 Å². The highest BCUT2D eigenvalue weighted by Crippen LogP contribution is 2.55. The largest absolute Gasteiger partial charge is 0.463 e. The molecule has 204 valence electrons. The minimum absolute atomic E-state index is 0.215. The second-order valence-corrected chi connectivity index (χ2v) is 11.4. The molecule has 1 unspecified atom stereocenters. The van der Waals surface area contributed by atoms with Crippen LogP contribution in [0.4, 0.5) is 4.79 Å². The maximum Gasteiger partial charge on any atom is 0.410 e. The number of nitrogens with zero attached hydrogens (tertiary/aromatic N) is 4. The average Bonchev–Trinajstić information content (AvgIpc) is 3.76. The third kappa shape index (κ3) is 5.51. The van der Waals surface area contributed by atoms with E-state index in [9.17, 15) is 4.79 Å². The molecule has 9 nitrogen and oxygen atoms in total. The fourth-order valence-corrected chi connectivity index (χ4v) is 6.33. The van der Waals surface area contributed by atoms with Crippen molar-refractivity contribution in [2.45, 2.75) is 51.3 Å². The van der Waals surface area contributed by atoms with Gasteiger partial charge < -0.3 is 25.0 Å². The second kappa shape index (κ2) is 11.2. The SMILES string of the molecule is CN1CCC(C2(COc3nc4c(c(C5CNCCN5C(=O)OCc5ccccc5)n3)CCNC4)CC2)CC1. The molecule has 1 aliphatic carbocycles. The van der Waals surface area contributed by atoms with Gasteiger partial charge in [0.2, 0.25) is 0 Å². The number of piperidine rings is 1. The molecule has 2 aromatic rings. The summed E-state index contributed by atoms with van der Waals surface area (Å²) in [5.41, 5.74) is 4.29. The summed E-state index contributed by atoms with van der Waals surface area (Å²) < 4.78 is 12.1. The zero-order chi connectivity index (χ0) is 26.0. The van der Waals surface area contributed by atoms with Crippen molar-refractivity contribution < 1.29 is 14.3 Å². The number of likely N-dealkylation sites (tertiary alicyclic amines) is 1. The van der Waals surface area contributed by atoms with Crippen LogP contribution in [0.2, 0.25) is 0 Å². The molecule has 2 N–H and O–H groups in total. The molecule has 1 aromatic carbocycles. The Hall–Kier alpha value is -2.75. The van der Waals surface area contributed by atoms with E-state index in [-0.39, 0.29) is 24.2 Å². The molecule has 4 heterocycles. The number of carbonyl (C=O) groups excluding carboxylic acids is 1. The summed E-state index contributed by atoms with van der Waals surface area (Å²) in [5.74, 6) is 0.717. The predicted octanol–water partition coefficient (Wildman–Crippen LogP) is 2.91. The summed E-state index contributed by atoms with van der Waals surface area (Å²) in [6, 6.07) is 10.0. The molecule has 0 radical (unpaired) electrons. The standard InChI is InChI=1S/C29H40N6O3/c1-34-14-8-22(9-15-34)29(10-11-29)20-38-27-32-24-17-30-12-7-23(24)26(33-27)25-18-31-13-16-35(25)28(36)37-19-21-5-3-2-4-6-21/h2-6,22,25,30-31H,7-20H2,1H3. The van der Waals surface area contributed by atoms with Gasteiger partial charge >= 0.3 is 12.1 Å². The van der Waals surface area contributed by atoms with Gasteiger partial charge in [-0.2, -0.15) is 9.97 Å². The normalized spacial score (nSPS) is 23.5. The van der Waals surface area contributed by atoms with Crippen molar-refractivity contribution in [3.05, 3.63) is 52.8 Å². The average molecular weight is 521 g/mol. The van der Waals surface area contributed by atoms with Gasteiger partial charge in [0.1, 0.15) is 6.61 Å². The Kier molecular flexibility index (Phi) is 7.50. The molecule has 3 fully saturated rings. The van der Waals surface area contributed by atoms with Gasteiger partial charge in [0, 0.05) is 37.2 Å². The summed E-state index contributed by atoms with van der Waals surface area (Å²) in [6.07, 6.45) is 5.49. The minimum atomic E-state index is -0.302. The summed E-state index contributed by atoms with van der Waals surface area (Å²) in [5, 5.41) is 6.90. The molecule has 9 heteroatoms. The Balaban J connectivity index is 1.20. The highest BCUT2D eigenvalue weighted by molar-refractivity contribution is 5.68. The van der Waals surface area contributed by atoms with Gasteiger partial charge in [-0.05, 0) is 70.3 Å². The second-order valence-electron chi connectivity index (χ2n) is 11.4. The summed E-state index contributed by atoms with van der Waals surface area (Å²) in [6.45, 7) is 6.79. The molecule has 3 aliphatic heterocycles. The van der Waals surface area contributed by atoms with Crippen LogP contribution < -0.4 is 15.4 Å². The number of aromatic nitrogens is 2. The van der Waals surface area contributed by atoms with Crippen LogP contribution in [0.5, 0.6) is 6.01 Å². The Morgan fingerprint density at radius 2 is 1.89 bits per heavy atom. The molecule has 0 bridgehead atoms. The summed E-state index contributed by atoms with van der Waals surface area (Å²) in [4.78, 5) is 27.3. The van der Waals surface area contributed by atoms with Crippen LogP contribution in [0.1, 0.15) is 54.2 Å². The van der Waals surface area contributed by atoms with Crippen LogP contribution >= 0.6 is 0 Å². The molecule has 4 aliphatic rings. The highest BCUT2D eigenvalue weighted by Gasteiger charge is 2.50. The zero-order valence-corrected chi connectivity index (χ0v) is 22.5.